The maximum absolute atomic E-state index is 10.2. The summed E-state index contributed by atoms with van der Waals surface area (Å²) in [5.74, 6) is 1.40. The van der Waals surface area contributed by atoms with Crippen molar-refractivity contribution in [1.82, 2.24) is 9.80 Å². The Labute approximate surface area is 163 Å². The minimum Gasteiger partial charge on any atom is -0.493 e. The Balaban J connectivity index is 1.53. The fraction of sp³-hybridized carbons (Fsp3) is 0.714. The average Bonchev–Trinajstić information content (AvgIpc) is 3.12. The second-order valence-electron chi connectivity index (χ2n) is 8.28. The van der Waals surface area contributed by atoms with Crippen molar-refractivity contribution in [2.24, 2.45) is 0 Å². The van der Waals surface area contributed by atoms with Crippen LogP contribution in [-0.2, 0) is 11.3 Å². The van der Waals surface area contributed by atoms with E-state index in [1.165, 1.54) is 18.4 Å². The van der Waals surface area contributed by atoms with E-state index in [1.54, 1.807) is 7.11 Å². The molecule has 2 aliphatic heterocycles. The molecule has 2 aliphatic rings. The first-order valence-corrected chi connectivity index (χ1v) is 10.0. The van der Waals surface area contributed by atoms with Crippen molar-refractivity contribution in [3.63, 3.8) is 0 Å². The molecule has 0 spiro atoms. The van der Waals surface area contributed by atoms with Gasteiger partial charge in [0, 0.05) is 26.2 Å². The van der Waals surface area contributed by atoms with Crippen LogP contribution in [0.5, 0.6) is 11.5 Å². The van der Waals surface area contributed by atoms with Gasteiger partial charge in [-0.1, -0.05) is 6.07 Å². The minimum absolute atomic E-state index is 0.100. The SMILES string of the molecule is COc1cc(CN2CCOC(C)(C)C2)ccc1OC[C@H](O)CN1CCCC1. The molecule has 3 rings (SSSR count). The van der Waals surface area contributed by atoms with Gasteiger partial charge in [-0.05, 0) is 57.5 Å². The third-order valence-electron chi connectivity index (χ3n) is 5.24. The zero-order valence-corrected chi connectivity index (χ0v) is 16.9. The molecule has 0 radical (unpaired) electrons. The van der Waals surface area contributed by atoms with Gasteiger partial charge in [-0.3, -0.25) is 4.90 Å². The van der Waals surface area contributed by atoms with Crippen molar-refractivity contribution in [2.45, 2.75) is 44.9 Å². The first kappa shape index (κ1) is 20.4. The number of ether oxygens (including phenoxy) is 3. The van der Waals surface area contributed by atoms with Crippen molar-refractivity contribution in [2.75, 3.05) is 53.0 Å². The van der Waals surface area contributed by atoms with Crippen molar-refractivity contribution in [3.8, 4) is 11.5 Å². The number of hydrogen-bond donors (Lipinski definition) is 1. The van der Waals surface area contributed by atoms with Crippen LogP contribution in [0.1, 0.15) is 32.3 Å². The lowest BCUT2D eigenvalue weighted by Gasteiger charge is -2.38. The van der Waals surface area contributed by atoms with Crippen LogP contribution in [0, 0.1) is 0 Å². The molecule has 2 fully saturated rings. The molecule has 1 N–H and O–H groups in total. The van der Waals surface area contributed by atoms with E-state index in [2.05, 4.69) is 29.7 Å². The van der Waals surface area contributed by atoms with Crippen LogP contribution in [0.2, 0.25) is 0 Å². The highest BCUT2D eigenvalue weighted by Crippen LogP contribution is 2.29. The number of nitrogens with zero attached hydrogens (tertiary/aromatic N) is 2. The fourth-order valence-electron chi connectivity index (χ4n) is 3.94. The van der Waals surface area contributed by atoms with Crippen LogP contribution in [0.25, 0.3) is 0 Å². The van der Waals surface area contributed by atoms with Gasteiger partial charge in [0.2, 0.25) is 0 Å². The summed E-state index contributed by atoms with van der Waals surface area (Å²) in [7, 11) is 1.66. The summed E-state index contributed by atoms with van der Waals surface area (Å²) in [6, 6.07) is 6.06. The standard InChI is InChI=1S/C21H34N2O4/c1-21(2)16-23(10-11-27-21)13-17-6-7-19(20(12-17)25-3)26-15-18(24)14-22-8-4-5-9-22/h6-7,12,18,24H,4-5,8-11,13-16H2,1-3H3/t18-/m1/s1. The highest BCUT2D eigenvalue weighted by molar-refractivity contribution is 5.43. The van der Waals surface area contributed by atoms with Gasteiger partial charge < -0.3 is 24.2 Å². The summed E-state index contributed by atoms with van der Waals surface area (Å²) in [5, 5.41) is 10.2. The number of rotatable bonds is 8. The van der Waals surface area contributed by atoms with Crippen LogP contribution >= 0.6 is 0 Å². The maximum Gasteiger partial charge on any atom is 0.161 e. The summed E-state index contributed by atoms with van der Waals surface area (Å²) in [5.41, 5.74) is 1.09. The van der Waals surface area contributed by atoms with Crippen LogP contribution < -0.4 is 9.47 Å². The Kier molecular flexibility index (Phi) is 6.98. The monoisotopic (exact) mass is 378 g/mol. The molecule has 0 saturated carbocycles. The van der Waals surface area contributed by atoms with Gasteiger partial charge in [0.15, 0.2) is 11.5 Å². The molecule has 6 heteroatoms. The number of hydrogen-bond acceptors (Lipinski definition) is 6. The quantitative estimate of drug-likeness (QED) is 0.748. The van der Waals surface area contributed by atoms with Crippen LogP contribution in [0.3, 0.4) is 0 Å². The highest BCUT2D eigenvalue weighted by atomic mass is 16.5. The van der Waals surface area contributed by atoms with Crippen molar-refractivity contribution < 1.29 is 19.3 Å². The number of β-amino-alcohol motifs (C(OH)–C–C–N with tert-alkyl or cyclic N) is 1. The second-order valence-corrected chi connectivity index (χ2v) is 8.28. The summed E-state index contributed by atoms with van der Waals surface area (Å²) >= 11 is 0. The van der Waals surface area contributed by atoms with Crippen molar-refractivity contribution >= 4 is 0 Å². The molecular weight excluding hydrogens is 344 g/mol. The molecule has 2 saturated heterocycles. The molecule has 6 nitrogen and oxygen atoms in total. The molecule has 1 atom stereocenters. The minimum atomic E-state index is -0.483. The normalized spacial score (nSPS) is 21.9. The van der Waals surface area contributed by atoms with Gasteiger partial charge in [-0.2, -0.15) is 0 Å². The first-order valence-electron chi connectivity index (χ1n) is 10.0. The summed E-state index contributed by atoms with van der Waals surface area (Å²) in [6.45, 7) is 10.8. The van der Waals surface area contributed by atoms with E-state index in [1.807, 2.05) is 12.1 Å². The fourth-order valence-corrected chi connectivity index (χ4v) is 3.94. The predicted molar refractivity (Wildman–Crippen MR) is 105 cm³/mol. The molecule has 27 heavy (non-hydrogen) atoms. The second kappa shape index (κ2) is 9.24. The molecule has 0 amide bonds. The van der Waals surface area contributed by atoms with Crippen LogP contribution in [-0.4, -0.2) is 79.7 Å². The van der Waals surface area contributed by atoms with E-state index in [0.29, 0.717) is 18.0 Å². The molecular formula is C21H34N2O4. The molecule has 1 aromatic rings. The molecule has 0 bridgehead atoms. The lowest BCUT2D eigenvalue weighted by molar-refractivity contribution is -0.0882. The zero-order chi connectivity index (χ0) is 19.3. The molecule has 0 aliphatic carbocycles. The predicted octanol–water partition coefficient (Wildman–Crippen LogP) is 2.14. The molecule has 2 heterocycles. The van der Waals surface area contributed by atoms with E-state index in [4.69, 9.17) is 14.2 Å². The molecule has 1 aromatic carbocycles. The highest BCUT2D eigenvalue weighted by Gasteiger charge is 2.27. The maximum atomic E-state index is 10.2. The van der Waals surface area contributed by atoms with Gasteiger partial charge in [-0.25, -0.2) is 0 Å². The van der Waals surface area contributed by atoms with E-state index in [9.17, 15) is 5.11 Å². The van der Waals surface area contributed by atoms with Gasteiger partial charge in [0.1, 0.15) is 12.7 Å². The van der Waals surface area contributed by atoms with Gasteiger partial charge in [-0.15, -0.1) is 0 Å². The zero-order valence-electron chi connectivity index (χ0n) is 16.9. The third-order valence-corrected chi connectivity index (χ3v) is 5.24. The average molecular weight is 379 g/mol. The Morgan fingerprint density at radius 3 is 2.63 bits per heavy atom. The van der Waals surface area contributed by atoms with Crippen LogP contribution in [0.4, 0.5) is 0 Å². The molecule has 0 aromatic heterocycles. The largest absolute Gasteiger partial charge is 0.493 e. The summed E-state index contributed by atoms with van der Waals surface area (Å²) < 4.78 is 17.2. The summed E-state index contributed by atoms with van der Waals surface area (Å²) in [6.07, 6.45) is 1.97. The third kappa shape index (κ3) is 6.07. The number of methoxy groups -OCH3 is 1. The first-order chi connectivity index (χ1) is 12.9. The topological polar surface area (TPSA) is 54.4 Å². The Morgan fingerprint density at radius 2 is 1.93 bits per heavy atom. The number of likely N-dealkylation sites (tertiary alicyclic amines) is 1. The lowest BCUT2D eigenvalue weighted by Crippen LogP contribution is -2.47. The Morgan fingerprint density at radius 1 is 1.15 bits per heavy atom. The number of aliphatic hydroxyl groups is 1. The van der Waals surface area contributed by atoms with Gasteiger partial charge in [0.25, 0.3) is 0 Å². The van der Waals surface area contributed by atoms with Crippen molar-refractivity contribution in [1.29, 1.82) is 0 Å². The van der Waals surface area contributed by atoms with Gasteiger partial charge in [0.05, 0.1) is 19.3 Å². The van der Waals surface area contributed by atoms with E-state index in [-0.39, 0.29) is 12.2 Å². The molecule has 0 unspecified atom stereocenters. The van der Waals surface area contributed by atoms with Crippen LogP contribution in [0.15, 0.2) is 18.2 Å². The van der Waals surface area contributed by atoms with E-state index < -0.39 is 6.10 Å². The summed E-state index contributed by atoms with van der Waals surface area (Å²) in [4.78, 5) is 4.69. The number of aliphatic hydroxyl groups excluding tert-OH is 1. The lowest BCUT2D eigenvalue weighted by atomic mass is 10.1. The van der Waals surface area contributed by atoms with Crippen molar-refractivity contribution in [3.05, 3.63) is 23.8 Å². The van der Waals surface area contributed by atoms with E-state index in [0.717, 1.165) is 39.3 Å². The Hall–Kier alpha value is -1.34. The smallest absolute Gasteiger partial charge is 0.161 e. The van der Waals surface area contributed by atoms with Gasteiger partial charge >= 0.3 is 0 Å². The van der Waals surface area contributed by atoms with E-state index >= 15 is 0 Å². The Bertz CT molecular complexity index is 602. The molecule has 152 valence electrons. The number of benzene rings is 1. The number of morpholine rings is 1.